The minimum Gasteiger partial charge on any atom is -0.509 e. The number of fused-ring (bicyclic) bond motifs is 3. The maximum Gasteiger partial charge on any atom is 0.0344 e. The van der Waals surface area contributed by atoms with Crippen LogP contribution in [0, 0.1) is 50.3 Å². The normalized spacial score (nSPS) is 13.1. The molecule has 3 aliphatic rings. The minimum atomic E-state index is 0. The monoisotopic (exact) mass is 1270 g/mol. The summed E-state index contributed by atoms with van der Waals surface area (Å²) in [7, 11) is 0. The van der Waals surface area contributed by atoms with Crippen LogP contribution in [0.2, 0.25) is 0 Å². The maximum absolute atomic E-state index is 6.03. The van der Waals surface area contributed by atoms with E-state index < -0.39 is 0 Å². The molecule has 0 saturated carbocycles. The van der Waals surface area contributed by atoms with Crippen molar-refractivity contribution in [2.24, 2.45) is 0 Å². The number of rotatable bonds is 12. The predicted molar refractivity (Wildman–Crippen MR) is 270 cm³/mol. The van der Waals surface area contributed by atoms with E-state index in [9.17, 15) is 0 Å². The Bertz CT molecular complexity index is 3000. The van der Waals surface area contributed by atoms with Gasteiger partial charge in [0.25, 0.3) is 0 Å². The molecule has 0 N–H and O–H groups in total. The third-order valence-corrected chi connectivity index (χ3v) is 11.7. The van der Waals surface area contributed by atoms with E-state index >= 15 is 0 Å². The summed E-state index contributed by atoms with van der Waals surface area (Å²) < 4.78 is 6.03. The smallest absolute Gasteiger partial charge is 0.0344 e. The van der Waals surface area contributed by atoms with Crippen molar-refractivity contribution in [2.45, 2.75) is 12.8 Å². The number of benzene rings is 6. The van der Waals surface area contributed by atoms with E-state index in [1.54, 1.807) is 36.9 Å². The Morgan fingerprint density at radius 2 is 0.943 bits per heavy atom. The molecule has 0 atom stereocenters. The minimum absolute atomic E-state index is 0. The molecule has 10 nitrogen and oxygen atoms in total. The number of nitrogens with zero attached hydrogens (tertiary/aromatic N) is 9. The number of hydrogen-bond acceptors (Lipinski definition) is 10. The summed E-state index contributed by atoms with van der Waals surface area (Å²) in [6.07, 6.45) is 8.94. The molecule has 3 aliphatic heterocycles. The fourth-order valence-electron chi connectivity index (χ4n) is 8.48. The Hall–Kier alpha value is -7.29. The second kappa shape index (κ2) is 22.4. The van der Waals surface area contributed by atoms with E-state index in [1.165, 1.54) is 22.7 Å². The fraction of sp³-hybridized carbons (Fsp3) is 0.0690. The van der Waals surface area contributed by atoms with Crippen LogP contribution in [0.4, 0.5) is 56.9 Å². The molecule has 353 valence electrons. The molecule has 3 aromatic heterocycles. The SMILES string of the molecule is [Ir].[Pt].[c-]1c(Oc2[c-]c(-c3[c-]cccn3)ncc2)cncc1N1[CH-]N(c2ccccc2)c2ccccc21.[c-]1ccccc1N1[CH-]N(CCCCN2[CH-]N(c3[c-]cccc3)c3ccccc32)c2ccccc21. The van der Waals surface area contributed by atoms with Crippen LogP contribution < -0.4 is 34.1 Å². The van der Waals surface area contributed by atoms with Crippen LogP contribution in [-0.4, -0.2) is 28.0 Å². The van der Waals surface area contributed by atoms with Crippen LogP contribution in [0.15, 0.2) is 195 Å². The third kappa shape index (κ3) is 10.3. The maximum atomic E-state index is 6.03. The van der Waals surface area contributed by atoms with Crippen LogP contribution in [-0.2, 0) is 41.2 Å². The largest absolute Gasteiger partial charge is 0.509 e. The van der Waals surface area contributed by atoms with E-state index in [-0.39, 0.29) is 41.2 Å². The Morgan fingerprint density at radius 1 is 0.429 bits per heavy atom. The molecule has 6 aromatic carbocycles. The number of para-hydroxylation sites is 9. The summed E-state index contributed by atoms with van der Waals surface area (Å²) in [5, 5.41) is 0. The van der Waals surface area contributed by atoms with Gasteiger partial charge in [0, 0.05) is 92.5 Å². The van der Waals surface area contributed by atoms with Gasteiger partial charge in [-0.1, -0.05) is 66.5 Å². The van der Waals surface area contributed by atoms with Crippen molar-refractivity contribution in [2.75, 3.05) is 42.5 Å². The summed E-state index contributed by atoms with van der Waals surface area (Å²) >= 11 is 0. The van der Waals surface area contributed by atoms with Gasteiger partial charge < -0.3 is 49.1 Å². The summed E-state index contributed by atoms with van der Waals surface area (Å²) in [6.45, 7) is 8.41. The van der Waals surface area contributed by atoms with Crippen molar-refractivity contribution in [3.63, 3.8) is 0 Å². The zero-order valence-corrected chi connectivity index (χ0v) is 42.3. The van der Waals surface area contributed by atoms with Crippen LogP contribution in [0.5, 0.6) is 11.5 Å². The summed E-state index contributed by atoms with van der Waals surface area (Å²) in [6, 6.07) is 73.5. The molecule has 0 spiro atoms. The van der Waals surface area contributed by atoms with Crippen molar-refractivity contribution in [1.82, 2.24) is 15.0 Å². The van der Waals surface area contributed by atoms with E-state index in [4.69, 9.17) is 4.74 Å². The van der Waals surface area contributed by atoms with Gasteiger partial charge >= 0.3 is 0 Å². The first-order valence-corrected chi connectivity index (χ1v) is 22.5. The molecule has 6 heterocycles. The quantitative estimate of drug-likeness (QED) is 0.0873. The molecular weight excluding hydrogens is 1230 g/mol. The molecule has 0 unspecified atom stereocenters. The zero-order chi connectivity index (χ0) is 45.5. The molecule has 70 heavy (non-hydrogen) atoms. The molecule has 12 rings (SSSR count). The average Bonchev–Trinajstić information content (AvgIpc) is 4.11. The molecule has 12 heteroatoms. The Morgan fingerprint density at radius 3 is 1.51 bits per heavy atom. The number of unbranched alkanes of at least 4 members (excludes halogenated alkanes) is 1. The number of pyridine rings is 3. The molecule has 0 bridgehead atoms. The third-order valence-electron chi connectivity index (χ3n) is 11.7. The summed E-state index contributed by atoms with van der Waals surface area (Å²) in [5.74, 6) is 0.968. The van der Waals surface area contributed by atoms with E-state index in [2.05, 4.69) is 180 Å². The Labute approximate surface area is 438 Å². The van der Waals surface area contributed by atoms with Gasteiger partial charge in [-0.3, -0.25) is 0 Å². The molecular formula is C58H43IrN9OPt-8. The first-order valence-electron chi connectivity index (χ1n) is 22.5. The van der Waals surface area contributed by atoms with Gasteiger partial charge in [0.1, 0.15) is 0 Å². The van der Waals surface area contributed by atoms with Gasteiger partial charge in [0.2, 0.25) is 0 Å². The van der Waals surface area contributed by atoms with Gasteiger partial charge in [-0.15, -0.1) is 47.6 Å². The van der Waals surface area contributed by atoms with E-state index in [0.717, 1.165) is 60.1 Å². The molecule has 0 aliphatic carbocycles. The topological polar surface area (TPSA) is 67.3 Å². The van der Waals surface area contributed by atoms with Crippen molar-refractivity contribution < 1.29 is 45.9 Å². The van der Waals surface area contributed by atoms with E-state index in [0.29, 0.717) is 22.9 Å². The Kier molecular flexibility index (Phi) is 15.3. The van der Waals surface area contributed by atoms with Crippen molar-refractivity contribution in [3.8, 4) is 22.9 Å². The number of aromatic nitrogens is 3. The molecule has 1 radical (unpaired) electrons. The van der Waals surface area contributed by atoms with Gasteiger partial charge in [0.15, 0.2) is 0 Å². The van der Waals surface area contributed by atoms with Crippen molar-refractivity contribution in [3.05, 3.63) is 245 Å². The standard InChI is InChI=1S/C30H26N4.C28H17N5O.Ir.Pt/c1-3-13-25(14-4-1)33-23-31(27-17-7-9-19-29(27)33)21-11-12-22-32-24-34(26-15-5-2-6-16-26)30-20-10-8-18-28(30)32;1-2-8-21(9-3-1)32-20-33(28-12-5-4-11-27(28)32)22-16-24(19-29-18-22)34-23-13-15-31-26(17-23)25-10-6-7-14-30-25;;/h1-10,13,15,17-20,23-24H,11-12,21-22H2;1-9,11-15,18-20H;;/q2*-4;;. The molecule has 0 amide bonds. The van der Waals surface area contributed by atoms with Crippen molar-refractivity contribution in [1.29, 1.82) is 0 Å². The van der Waals surface area contributed by atoms with Crippen LogP contribution in [0.1, 0.15) is 12.8 Å². The van der Waals surface area contributed by atoms with Gasteiger partial charge in [-0.05, 0) is 93.1 Å². The Balaban J connectivity index is 0.000000169. The van der Waals surface area contributed by atoms with E-state index in [1.807, 2.05) is 72.2 Å². The molecule has 0 fully saturated rings. The van der Waals surface area contributed by atoms with Crippen LogP contribution in [0.3, 0.4) is 0 Å². The van der Waals surface area contributed by atoms with Gasteiger partial charge in [0.05, 0.1) is 0 Å². The summed E-state index contributed by atoms with van der Waals surface area (Å²) in [4.78, 5) is 26.4. The summed E-state index contributed by atoms with van der Waals surface area (Å²) in [5.41, 5.74) is 12.2. The van der Waals surface area contributed by atoms with Crippen LogP contribution in [0.25, 0.3) is 11.4 Å². The average molecular weight is 1270 g/mol. The zero-order valence-electron chi connectivity index (χ0n) is 37.6. The predicted octanol–water partition coefficient (Wildman–Crippen LogP) is 13.1. The number of hydrogen-bond donors (Lipinski definition) is 0. The van der Waals surface area contributed by atoms with Crippen molar-refractivity contribution >= 4 is 56.9 Å². The van der Waals surface area contributed by atoms with Gasteiger partial charge in [-0.25, -0.2) is 6.07 Å². The first kappa shape index (κ1) is 47.8. The fourth-order valence-corrected chi connectivity index (χ4v) is 8.48. The second-order valence-electron chi connectivity index (χ2n) is 16.0. The van der Waals surface area contributed by atoms with Gasteiger partial charge in [-0.2, -0.15) is 86.1 Å². The first-order chi connectivity index (χ1) is 33.7. The molecule has 9 aromatic rings. The number of ether oxygens (including phenoxy) is 1. The molecule has 0 saturated heterocycles. The van der Waals surface area contributed by atoms with Crippen LogP contribution >= 0.6 is 0 Å². The number of anilines is 10. The second-order valence-corrected chi connectivity index (χ2v) is 16.0.